The number of aliphatic hydroxyl groups excluding tert-OH is 1. The van der Waals surface area contributed by atoms with Gasteiger partial charge in [-0.1, -0.05) is 0 Å². The highest BCUT2D eigenvalue weighted by Crippen LogP contribution is 2.20. The van der Waals surface area contributed by atoms with E-state index in [2.05, 4.69) is 9.88 Å². The molecule has 0 saturated carbocycles. The van der Waals surface area contributed by atoms with Crippen molar-refractivity contribution in [2.45, 2.75) is 25.9 Å². The van der Waals surface area contributed by atoms with Crippen molar-refractivity contribution < 1.29 is 5.11 Å². The number of hydrogen-bond acceptors (Lipinski definition) is 3. The van der Waals surface area contributed by atoms with Crippen LogP contribution < -0.4 is 4.90 Å². The fraction of sp³-hybridized carbons (Fsp3) is 0.545. The molecule has 1 fully saturated rings. The summed E-state index contributed by atoms with van der Waals surface area (Å²) in [6, 6.07) is 3.94. The van der Waals surface area contributed by atoms with E-state index in [1.165, 1.54) is 18.5 Å². The molecule has 2 rings (SSSR count). The Balaban J connectivity index is 2.12. The van der Waals surface area contributed by atoms with E-state index in [1.807, 2.05) is 18.3 Å². The molecule has 1 aliphatic rings. The second-order valence-electron chi connectivity index (χ2n) is 3.81. The lowest BCUT2D eigenvalue weighted by Crippen LogP contribution is -2.17. The van der Waals surface area contributed by atoms with Crippen molar-refractivity contribution in [3.05, 3.63) is 24.0 Å². The van der Waals surface area contributed by atoms with Crippen LogP contribution in [0.5, 0.6) is 0 Å². The summed E-state index contributed by atoms with van der Waals surface area (Å²) in [7, 11) is 0. The van der Waals surface area contributed by atoms with Gasteiger partial charge in [-0.2, -0.15) is 0 Å². The fourth-order valence-electron chi connectivity index (χ4n) is 1.81. The van der Waals surface area contributed by atoms with Crippen LogP contribution in [0, 0.1) is 0 Å². The van der Waals surface area contributed by atoms with Gasteiger partial charge in [0, 0.05) is 13.1 Å². The highest BCUT2D eigenvalue weighted by Gasteiger charge is 2.12. The quantitative estimate of drug-likeness (QED) is 0.775. The molecule has 1 atom stereocenters. The number of rotatable bonds is 2. The van der Waals surface area contributed by atoms with Crippen molar-refractivity contribution in [1.82, 2.24) is 4.98 Å². The minimum absolute atomic E-state index is 0.470. The van der Waals surface area contributed by atoms with E-state index in [4.69, 9.17) is 0 Å². The van der Waals surface area contributed by atoms with E-state index in [0.717, 1.165) is 18.8 Å². The summed E-state index contributed by atoms with van der Waals surface area (Å²) in [4.78, 5) is 6.56. The average molecular weight is 192 g/mol. The van der Waals surface area contributed by atoms with Crippen molar-refractivity contribution >= 4 is 5.69 Å². The molecule has 0 aliphatic carbocycles. The van der Waals surface area contributed by atoms with E-state index in [-0.39, 0.29) is 0 Å². The van der Waals surface area contributed by atoms with Gasteiger partial charge in [-0.05, 0) is 31.9 Å². The Hall–Kier alpha value is -1.09. The number of aliphatic hydroxyl groups is 1. The van der Waals surface area contributed by atoms with Crippen molar-refractivity contribution in [1.29, 1.82) is 0 Å². The van der Waals surface area contributed by atoms with Gasteiger partial charge in [0.2, 0.25) is 0 Å². The molecule has 0 unspecified atom stereocenters. The Bertz CT molecular complexity index is 289. The van der Waals surface area contributed by atoms with Crippen LogP contribution in [-0.2, 0) is 0 Å². The lowest BCUT2D eigenvalue weighted by Gasteiger charge is -2.17. The van der Waals surface area contributed by atoms with Gasteiger partial charge in [0.15, 0.2) is 0 Å². The third-order valence-electron chi connectivity index (χ3n) is 2.67. The summed E-state index contributed by atoms with van der Waals surface area (Å²) in [6.07, 6.45) is 3.94. The summed E-state index contributed by atoms with van der Waals surface area (Å²) in [6.45, 7) is 4.00. The zero-order chi connectivity index (χ0) is 9.97. The van der Waals surface area contributed by atoms with Crippen LogP contribution in [-0.4, -0.2) is 23.2 Å². The average Bonchev–Trinajstić information content (AvgIpc) is 2.71. The van der Waals surface area contributed by atoms with Crippen LogP contribution in [0.4, 0.5) is 5.69 Å². The molecule has 2 heterocycles. The Morgan fingerprint density at radius 2 is 2.07 bits per heavy atom. The number of aromatic nitrogens is 1. The first-order valence-electron chi connectivity index (χ1n) is 5.16. The topological polar surface area (TPSA) is 36.4 Å². The van der Waals surface area contributed by atoms with Crippen LogP contribution in [0.3, 0.4) is 0 Å². The number of anilines is 1. The van der Waals surface area contributed by atoms with Gasteiger partial charge in [0.05, 0.1) is 23.7 Å². The van der Waals surface area contributed by atoms with Gasteiger partial charge in [0.25, 0.3) is 0 Å². The van der Waals surface area contributed by atoms with Gasteiger partial charge in [-0.3, -0.25) is 4.98 Å². The van der Waals surface area contributed by atoms with E-state index >= 15 is 0 Å². The van der Waals surface area contributed by atoms with Crippen LogP contribution in [0.1, 0.15) is 31.6 Å². The summed E-state index contributed by atoms with van der Waals surface area (Å²) in [5, 5.41) is 9.30. The maximum Gasteiger partial charge on any atom is 0.0931 e. The van der Waals surface area contributed by atoms with E-state index in [9.17, 15) is 5.11 Å². The standard InChI is InChI=1S/C11H16N2O/c1-9(14)11-5-4-10(8-12-11)13-6-2-3-7-13/h4-5,8-9,14H,2-3,6-7H2,1H3/t9-/m1/s1. The monoisotopic (exact) mass is 192 g/mol. The third kappa shape index (κ3) is 1.87. The van der Waals surface area contributed by atoms with Crippen molar-refractivity contribution in [3.63, 3.8) is 0 Å². The predicted molar refractivity (Wildman–Crippen MR) is 56.3 cm³/mol. The molecule has 1 aromatic rings. The Labute approximate surface area is 84.4 Å². The highest BCUT2D eigenvalue weighted by molar-refractivity contribution is 5.45. The smallest absolute Gasteiger partial charge is 0.0931 e. The summed E-state index contributed by atoms with van der Waals surface area (Å²) < 4.78 is 0. The molecule has 0 radical (unpaired) electrons. The van der Waals surface area contributed by atoms with E-state index in [1.54, 1.807) is 6.92 Å². The van der Waals surface area contributed by atoms with Crippen LogP contribution >= 0.6 is 0 Å². The molecule has 0 amide bonds. The minimum Gasteiger partial charge on any atom is -0.387 e. The molecule has 0 aromatic carbocycles. The second-order valence-corrected chi connectivity index (χ2v) is 3.81. The van der Waals surface area contributed by atoms with Crippen LogP contribution in [0.2, 0.25) is 0 Å². The normalized spacial score (nSPS) is 18.6. The molecule has 1 aliphatic heterocycles. The Morgan fingerprint density at radius 3 is 2.57 bits per heavy atom. The molecule has 1 N–H and O–H groups in total. The predicted octanol–water partition coefficient (Wildman–Crippen LogP) is 1.74. The van der Waals surface area contributed by atoms with Gasteiger partial charge in [0.1, 0.15) is 0 Å². The first kappa shape index (κ1) is 9.46. The van der Waals surface area contributed by atoms with Gasteiger partial charge in [-0.25, -0.2) is 0 Å². The molecule has 0 spiro atoms. The summed E-state index contributed by atoms with van der Waals surface area (Å²) >= 11 is 0. The lowest BCUT2D eigenvalue weighted by molar-refractivity contribution is 0.194. The Morgan fingerprint density at radius 1 is 1.36 bits per heavy atom. The minimum atomic E-state index is -0.470. The molecule has 3 nitrogen and oxygen atoms in total. The Kier molecular flexibility index (Phi) is 2.68. The highest BCUT2D eigenvalue weighted by atomic mass is 16.3. The van der Waals surface area contributed by atoms with E-state index in [0.29, 0.717) is 0 Å². The number of pyridine rings is 1. The third-order valence-corrected chi connectivity index (χ3v) is 2.67. The molecule has 14 heavy (non-hydrogen) atoms. The van der Waals surface area contributed by atoms with Crippen molar-refractivity contribution in [2.24, 2.45) is 0 Å². The second kappa shape index (κ2) is 3.96. The van der Waals surface area contributed by atoms with Crippen LogP contribution in [0.25, 0.3) is 0 Å². The van der Waals surface area contributed by atoms with E-state index < -0.39 is 6.10 Å². The summed E-state index contributed by atoms with van der Waals surface area (Å²) in [5.41, 5.74) is 1.92. The van der Waals surface area contributed by atoms with Crippen molar-refractivity contribution in [3.8, 4) is 0 Å². The molecule has 76 valence electrons. The zero-order valence-electron chi connectivity index (χ0n) is 8.48. The molecule has 0 bridgehead atoms. The summed E-state index contributed by atoms with van der Waals surface area (Å²) in [5.74, 6) is 0. The molecule has 1 aromatic heterocycles. The van der Waals surface area contributed by atoms with Gasteiger partial charge >= 0.3 is 0 Å². The van der Waals surface area contributed by atoms with Gasteiger partial charge < -0.3 is 10.0 Å². The van der Waals surface area contributed by atoms with Crippen molar-refractivity contribution in [2.75, 3.05) is 18.0 Å². The first-order valence-corrected chi connectivity index (χ1v) is 5.16. The molecule has 3 heteroatoms. The maximum atomic E-state index is 9.30. The van der Waals surface area contributed by atoms with Crippen LogP contribution in [0.15, 0.2) is 18.3 Å². The number of hydrogen-bond donors (Lipinski definition) is 1. The maximum absolute atomic E-state index is 9.30. The van der Waals surface area contributed by atoms with Gasteiger partial charge in [-0.15, -0.1) is 0 Å². The molecule has 1 saturated heterocycles. The fourth-order valence-corrected chi connectivity index (χ4v) is 1.81. The molecular formula is C11H16N2O. The zero-order valence-corrected chi connectivity index (χ0v) is 8.48. The largest absolute Gasteiger partial charge is 0.387 e. The SMILES string of the molecule is C[C@@H](O)c1ccc(N2CCCC2)cn1. The lowest BCUT2D eigenvalue weighted by atomic mass is 10.2. The molecular weight excluding hydrogens is 176 g/mol. The number of nitrogens with zero attached hydrogens (tertiary/aromatic N) is 2. The first-order chi connectivity index (χ1) is 6.77.